The van der Waals surface area contributed by atoms with Crippen LogP contribution in [-0.2, 0) is 6.42 Å². The topological polar surface area (TPSA) is 63.3 Å². The van der Waals surface area contributed by atoms with Gasteiger partial charge in [0.2, 0.25) is 0 Å². The molecule has 0 spiro atoms. The fourth-order valence-electron chi connectivity index (χ4n) is 2.03. The molecule has 1 atom stereocenters. The molecule has 4 nitrogen and oxygen atoms in total. The second-order valence-electron chi connectivity index (χ2n) is 4.87. The summed E-state index contributed by atoms with van der Waals surface area (Å²) in [6, 6.07) is 11.2. The molecule has 0 radical (unpaired) electrons. The Bertz CT molecular complexity index is 650. The lowest BCUT2D eigenvalue weighted by Gasteiger charge is -2.16. The molecule has 0 aliphatic heterocycles. The number of hydrogen-bond acceptors (Lipinski definition) is 2. The summed E-state index contributed by atoms with van der Waals surface area (Å²) >= 11 is 12.1. The summed E-state index contributed by atoms with van der Waals surface area (Å²) in [4.78, 5) is 8.55. The lowest BCUT2D eigenvalue weighted by Crippen LogP contribution is -2.34. The molecule has 124 valence electrons. The highest BCUT2D eigenvalue weighted by Gasteiger charge is 2.10. The predicted molar refractivity (Wildman–Crippen MR) is 108 cm³/mol. The van der Waals surface area contributed by atoms with Crippen LogP contribution in [0.2, 0.25) is 10.0 Å². The Morgan fingerprint density at radius 1 is 1.30 bits per heavy atom. The third kappa shape index (κ3) is 6.53. The molecule has 1 aromatic carbocycles. The molecule has 3 N–H and O–H groups in total. The highest BCUT2D eigenvalue weighted by Crippen LogP contribution is 2.25. The Morgan fingerprint density at radius 3 is 2.74 bits per heavy atom. The summed E-state index contributed by atoms with van der Waals surface area (Å²) < 4.78 is 0. The van der Waals surface area contributed by atoms with Crippen LogP contribution in [0.15, 0.2) is 47.6 Å². The number of guanidine groups is 1. The zero-order valence-electron chi connectivity index (χ0n) is 12.7. The molecule has 1 unspecified atom stereocenters. The van der Waals surface area contributed by atoms with E-state index in [-0.39, 0.29) is 30.0 Å². The van der Waals surface area contributed by atoms with Crippen molar-refractivity contribution in [1.29, 1.82) is 0 Å². The maximum atomic E-state index is 6.18. The van der Waals surface area contributed by atoms with Gasteiger partial charge >= 0.3 is 0 Å². The first kappa shape index (κ1) is 20.0. The maximum absolute atomic E-state index is 6.18. The Hall–Kier alpha value is -1.05. The summed E-state index contributed by atoms with van der Waals surface area (Å²) in [6.07, 6.45) is 2.52. The smallest absolute Gasteiger partial charge is 0.189 e. The molecule has 2 rings (SSSR count). The average Bonchev–Trinajstić information content (AvgIpc) is 2.48. The number of rotatable bonds is 5. The van der Waals surface area contributed by atoms with Crippen LogP contribution in [0.3, 0.4) is 0 Å². The summed E-state index contributed by atoms with van der Waals surface area (Å²) in [5, 5.41) is 4.34. The number of aliphatic imine (C=N–C) groups is 1. The van der Waals surface area contributed by atoms with Crippen molar-refractivity contribution in [3.05, 3.63) is 63.9 Å². The highest BCUT2D eigenvalue weighted by molar-refractivity contribution is 14.0. The van der Waals surface area contributed by atoms with E-state index in [1.807, 2.05) is 31.2 Å². The average molecular weight is 465 g/mol. The summed E-state index contributed by atoms with van der Waals surface area (Å²) in [7, 11) is 0. The van der Waals surface area contributed by atoms with Crippen molar-refractivity contribution in [1.82, 2.24) is 10.3 Å². The second-order valence-corrected chi connectivity index (χ2v) is 5.71. The first-order chi connectivity index (χ1) is 10.6. The SMILES string of the molecule is CC(NC(N)=NCCc1ccccn1)c1ccc(Cl)cc1Cl.I. The monoisotopic (exact) mass is 464 g/mol. The Kier molecular flexibility index (Phi) is 8.65. The van der Waals surface area contributed by atoms with E-state index in [0.717, 1.165) is 17.7 Å². The van der Waals surface area contributed by atoms with Gasteiger partial charge in [-0.3, -0.25) is 9.98 Å². The van der Waals surface area contributed by atoms with Crippen LogP contribution in [0.1, 0.15) is 24.2 Å². The van der Waals surface area contributed by atoms with Crippen molar-refractivity contribution in [3.63, 3.8) is 0 Å². The fraction of sp³-hybridized carbons (Fsp3) is 0.250. The molecule has 1 aromatic heterocycles. The third-order valence-electron chi connectivity index (χ3n) is 3.17. The first-order valence-corrected chi connectivity index (χ1v) is 7.73. The van der Waals surface area contributed by atoms with Gasteiger partial charge in [0.15, 0.2) is 5.96 Å². The number of pyridine rings is 1. The summed E-state index contributed by atoms with van der Waals surface area (Å²) in [5.41, 5.74) is 7.82. The third-order valence-corrected chi connectivity index (χ3v) is 3.73. The van der Waals surface area contributed by atoms with E-state index in [0.29, 0.717) is 22.5 Å². The molecule has 1 heterocycles. The van der Waals surface area contributed by atoms with Crippen molar-refractivity contribution in [2.45, 2.75) is 19.4 Å². The molecule has 0 saturated heterocycles. The minimum absolute atomic E-state index is 0. The molecule has 0 aliphatic carbocycles. The van der Waals surface area contributed by atoms with Gasteiger partial charge in [-0.25, -0.2) is 0 Å². The van der Waals surface area contributed by atoms with E-state index in [4.69, 9.17) is 28.9 Å². The molecule has 0 fully saturated rings. The second kappa shape index (κ2) is 9.95. The van der Waals surface area contributed by atoms with Gasteiger partial charge in [-0.15, -0.1) is 24.0 Å². The zero-order valence-corrected chi connectivity index (χ0v) is 16.5. The molecule has 2 aromatic rings. The summed E-state index contributed by atoms with van der Waals surface area (Å²) in [5.74, 6) is 0.384. The Morgan fingerprint density at radius 2 is 2.09 bits per heavy atom. The Labute approximate surface area is 163 Å². The number of nitrogens with one attached hydrogen (secondary N) is 1. The maximum Gasteiger partial charge on any atom is 0.189 e. The van der Waals surface area contributed by atoms with Gasteiger partial charge in [0, 0.05) is 34.9 Å². The highest BCUT2D eigenvalue weighted by atomic mass is 127. The van der Waals surface area contributed by atoms with Gasteiger partial charge in [-0.05, 0) is 36.8 Å². The lowest BCUT2D eigenvalue weighted by molar-refractivity contribution is 0.707. The molecular formula is C16H19Cl2IN4. The minimum atomic E-state index is -0.0524. The van der Waals surface area contributed by atoms with Gasteiger partial charge < -0.3 is 11.1 Å². The molecule has 7 heteroatoms. The molecular weight excluding hydrogens is 446 g/mol. The zero-order chi connectivity index (χ0) is 15.9. The van der Waals surface area contributed by atoms with Crippen LogP contribution < -0.4 is 11.1 Å². The fourth-order valence-corrected chi connectivity index (χ4v) is 2.61. The van der Waals surface area contributed by atoms with Crippen LogP contribution in [0.25, 0.3) is 0 Å². The van der Waals surface area contributed by atoms with Gasteiger partial charge in [0.05, 0.1) is 6.04 Å². The van der Waals surface area contributed by atoms with E-state index < -0.39 is 0 Å². The van der Waals surface area contributed by atoms with Crippen molar-refractivity contribution in [2.75, 3.05) is 6.54 Å². The standard InChI is InChI=1S/C16H18Cl2N4.HI/c1-11(14-6-5-12(17)10-15(14)18)22-16(19)21-9-7-13-4-2-3-8-20-13;/h2-6,8,10-11H,7,9H2,1H3,(H3,19,21,22);1H. The van der Waals surface area contributed by atoms with Crippen LogP contribution >= 0.6 is 47.2 Å². The van der Waals surface area contributed by atoms with E-state index in [9.17, 15) is 0 Å². The number of nitrogens with zero attached hydrogens (tertiary/aromatic N) is 2. The number of nitrogens with two attached hydrogens (primary N) is 1. The van der Waals surface area contributed by atoms with Crippen molar-refractivity contribution < 1.29 is 0 Å². The van der Waals surface area contributed by atoms with E-state index in [1.165, 1.54) is 0 Å². The van der Waals surface area contributed by atoms with Crippen LogP contribution in [0.4, 0.5) is 0 Å². The van der Waals surface area contributed by atoms with Crippen molar-refractivity contribution in [2.24, 2.45) is 10.7 Å². The lowest BCUT2D eigenvalue weighted by atomic mass is 10.1. The normalized spacial score (nSPS) is 12.4. The predicted octanol–water partition coefficient (Wildman–Crippen LogP) is 4.21. The van der Waals surface area contributed by atoms with E-state index in [1.54, 1.807) is 18.3 Å². The van der Waals surface area contributed by atoms with Crippen molar-refractivity contribution in [3.8, 4) is 0 Å². The number of benzene rings is 1. The summed E-state index contributed by atoms with van der Waals surface area (Å²) in [6.45, 7) is 2.55. The number of hydrogen-bond donors (Lipinski definition) is 2. The van der Waals surface area contributed by atoms with E-state index in [2.05, 4.69) is 15.3 Å². The molecule has 0 aliphatic rings. The minimum Gasteiger partial charge on any atom is -0.370 e. The first-order valence-electron chi connectivity index (χ1n) is 6.97. The van der Waals surface area contributed by atoms with Gasteiger partial charge in [-0.1, -0.05) is 35.3 Å². The quantitative estimate of drug-likeness (QED) is 0.395. The van der Waals surface area contributed by atoms with Gasteiger partial charge in [0.25, 0.3) is 0 Å². The van der Waals surface area contributed by atoms with Crippen LogP contribution in [-0.4, -0.2) is 17.5 Å². The molecule has 0 saturated carbocycles. The molecule has 23 heavy (non-hydrogen) atoms. The Balaban J connectivity index is 0.00000264. The number of halogens is 3. The number of aromatic nitrogens is 1. The molecule has 0 bridgehead atoms. The van der Waals surface area contributed by atoms with Crippen LogP contribution in [0, 0.1) is 0 Å². The van der Waals surface area contributed by atoms with E-state index >= 15 is 0 Å². The molecule has 0 amide bonds. The largest absolute Gasteiger partial charge is 0.370 e. The van der Waals surface area contributed by atoms with Crippen LogP contribution in [0.5, 0.6) is 0 Å². The van der Waals surface area contributed by atoms with Gasteiger partial charge in [-0.2, -0.15) is 0 Å². The van der Waals surface area contributed by atoms with Crippen molar-refractivity contribution >= 4 is 53.1 Å². The van der Waals surface area contributed by atoms with Gasteiger partial charge in [0.1, 0.15) is 0 Å².